The van der Waals surface area contributed by atoms with Gasteiger partial charge in [-0.3, -0.25) is 0 Å². The van der Waals surface area contributed by atoms with Crippen molar-refractivity contribution in [2.24, 2.45) is 0 Å². The molecule has 0 saturated carbocycles. The van der Waals surface area contributed by atoms with Gasteiger partial charge in [-0.25, -0.2) is 0 Å². The molecular formula is C13H16N2O2S. The Balaban J connectivity index is 1.66. The smallest absolute Gasteiger partial charge is 0.201 e. The van der Waals surface area contributed by atoms with Gasteiger partial charge in [0.05, 0.1) is 17.0 Å². The molecule has 1 aliphatic heterocycles. The van der Waals surface area contributed by atoms with E-state index < -0.39 is 0 Å². The van der Waals surface area contributed by atoms with Crippen LogP contribution in [0, 0.1) is 0 Å². The number of fused-ring (bicyclic) bond motifs is 1. The predicted molar refractivity (Wildman–Crippen MR) is 72.3 cm³/mol. The summed E-state index contributed by atoms with van der Waals surface area (Å²) in [5.41, 5.74) is 0.994. The van der Waals surface area contributed by atoms with Crippen LogP contribution in [0.25, 0.3) is 10.9 Å². The summed E-state index contributed by atoms with van der Waals surface area (Å²) < 4.78 is 16.0. The molecule has 0 radical (unpaired) electrons. The second-order valence-corrected chi connectivity index (χ2v) is 5.26. The zero-order valence-electron chi connectivity index (χ0n) is 10.3. The minimum absolute atomic E-state index is 0.120. The average molecular weight is 264 g/mol. The van der Waals surface area contributed by atoms with Crippen molar-refractivity contribution in [3.63, 3.8) is 0 Å². The van der Waals surface area contributed by atoms with E-state index in [1.54, 1.807) is 0 Å². The van der Waals surface area contributed by atoms with Gasteiger partial charge in [-0.1, -0.05) is 12.1 Å². The minimum Gasteiger partial charge on any atom is -0.480 e. The van der Waals surface area contributed by atoms with Crippen LogP contribution in [-0.2, 0) is 4.74 Å². The fourth-order valence-corrected chi connectivity index (χ4v) is 2.84. The molecule has 4 nitrogen and oxygen atoms in total. The van der Waals surface area contributed by atoms with Gasteiger partial charge in [0.1, 0.15) is 12.7 Å². The molecule has 1 saturated heterocycles. The molecule has 2 unspecified atom stereocenters. The Hall–Kier alpha value is -1.17. The number of benzene rings is 1. The summed E-state index contributed by atoms with van der Waals surface area (Å²) in [6, 6.07) is 8.03. The number of nitrogens with one attached hydrogen (secondary N) is 1. The van der Waals surface area contributed by atoms with Crippen LogP contribution in [0.3, 0.4) is 0 Å². The molecule has 18 heavy (non-hydrogen) atoms. The second kappa shape index (κ2) is 5.22. The molecule has 96 valence electrons. The van der Waals surface area contributed by atoms with Gasteiger partial charge in [-0.2, -0.15) is 4.37 Å². The fourth-order valence-electron chi connectivity index (χ4n) is 2.11. The van der Waals surface area contributed by atoms with Crippen molar-refractivity contribution in [3.8, 4) is 5.06 Å². The van der Waals surface area contributed by atoms with Crippen LogP contribution in [0.2, 0.25) is 0 Å². The number of hydrogen-bond donors (Lipinski definition) is 1. The average Bonchev–Trinajstić information content (AvgIpc) is 2.80. The number of rotatable bonds is 3. The fraction of sp³-hybridized carbons (Fsp3) is 0.462. The Kier molecular flexibility index (Phi) is 3.45. The monoisotopic (exact) mass is 264 g/mol. The van der Waals surface area contributed by atoms with Gasteiger partial charge >= 0.3 is 0 Å². The summed E-state index contributed by atoms with van der Waals surface area (Å²) in [7, 11) is 0. The van der Waals surface area contributed by atoms with Crippen molar-refractivity contribution in [2.45, 2.75) is 19.1 Å². The Labute approximate surface area is 110 Å². The third kappa shape index (κ3) is 2.48. The van der Waals surface area contributed by atoms with Gasteiger partial charge in [-0.05, 0) is 19.1 Å². The van der Waals surface area contributed by atoms with E-state index in [4.69, 9.17) is 9.47 Å². The third-order valence-electron chi connectivity index (χ3n) is 2.98. The Bertz CT molecular complexity index is 528. The maximum absolute atomic E-state index is 5.84. The predicted octanol–water partition coefficient (Wildman–Crippen LogP) is 2.05. The topological polar surface area (TPSA) is 43.4 Å². The highest BCUT2D eigenvalue weighted by Gasteiger charge is 2.19. The van der Waals surface area contributed by atoms with Gasteiger partial charge in [0, 0.05) is 24.6 Å². The number of hydrogen-bond acceptors (Lipinski definition) is 5. The van der Waals surface area contributed by atoms with Crippen LogP contribution >= 0.6 is 11.5 Å². The summed E-state index contributed by atoms with van der Waals surface area (Å²) in [5, 5.41) is 5.30. The molecule has 3 rings (SSSR count). The lowest BCUT2D eigenvalue weighted by molar-refractivity contribution is -0.0463. The Morgan fingerprint density at radius 1 is 1.44 bits per heavy atom. The van der Waals surface area contributed by atoms with E-state index in [1.165, 1.54) is 11.5 Å². The summed E-state index contributed by atoms with van der Waals surface area (Å²) >= 11 is 1.40. The lowest BCUT2D eigenvalue weighted by Gasteiger charge is -2.28. The summed E-state index contributed by atoms with van der Waals surface area (Å²) in [6.07, 6.45) is 0.375. The zero-order chi connectivity index (χ0) is 12.4. The first kappa shape index (κ1) is 11.9. The Morgan fingerprint density at radius 3 is 3.22 bits per heavy atom. The molecule has 1 N–H and O–H groups in total. The van der Waals surface area contributed by atoms with Crippen LogP contribution in [0.4, 0.5) is 0 Å². The zero-order valence-corrected chi connectivity index (χ0v) is 11.1. The van der Waals surface area contributed by atoms with E-state index in [-0.39, 0.29) is 12.2 Å². The van der Waals surface area contributed by atoms with E-state index in [0.29, 0.717) is 6.61 Å². The third-order valence-corrected chi connectivity index (χ3v) is 3.77. The second-order valence-electron chi connectivity index (χ2n) is 4.53. The van der Waals surface area contributed by atoms with Crippen LogP contribution < -0.4 is 10.1 Å². The van der Waals surface area contributed by atoms with Crippen LogP contribution in [-0.4, -0.2) is 36.3 Å². The molecule has 1 fully saturated rings. The number of ether oxygens (including phenoxy) is 2. The molecule has 0 amide bonds. The molecule has 2 aromatic rings. The maximum Gasteiger partial charge on any atom is 0.201 e. The van der Waals surface area contributed by atoms with Gasteiger partial charge < -0.3 is 14.8 Å². The van der Waals surface area contributed by atoms with Gasteiger partial charge in [0.15, 0.2) is 0 Å². The van der Waals surface area contributed by atoms with Crippen molar-refractivity contribution < 1.29 is 9.47 Å². The van der Waals surface area contributed by atoms with E-state index >= 15 is 0 Å². The summed E-state index contributed by atoms with van der Waals surface area (Å²) in [6.45, 7) is 4.41. The standard InChI is InChI=1S/C13H16N2O2S/c1-9-6-14-7-10(17-9)8-16-13-11-4-2-3-5-12(11)15-18-13/h2-5,9-10,14H,6-8H2,1H3. The lowest BCUT2D eigenvalue weighted by Crippen LogP contribution is -2.45. The van der Waals surface area contributed by atoms with Crippen molar-refractivity contribution >= 4 is 22.4 Å². The molecule has 0 bridgehead atoms. The highest BCUT2D eigenvalue weighted by Crippen LogP contribution is 2.29. The SMILES string of the molecule is CC1CNCC(COc2snc3ccccc23)O1. The van der Waals surface area contributed by atoms with Crippen LogP contribution in [0.5, 0.6) is 5.06 Å². The first-order valence-corrected chi connectivity index (χ1v) is 6.93. The van der Waals surface area contributed by atoms with E-state index in [1.807, 2.05) is 24.3 Å². The van der Waals surface area contributed by atoms with Gasteiger partial charge in [0.2, 0.25) is 5.06 Å². The first-order chi connectivity index (χ1) is 8.83. The highest BCUT2D eigenvalue weighted by atomic mass is 32.1. The van der Waals surface area contributed by atoms with Gasteiger partial charge in [-0.15, -0.1) is 0 Å². The minimum atomic E-state index is 0.120. The van der Waals surface area contributed by atoms with Gasteiger partial charge in [0.25, 0.3) is 0 Å². The van der Waals surface area contributed by atoms with Crippen LogP contribution in [0.1, 0.15) is 6.92 Å². The molecule has 1 aliphatic rings. The first-order valence-electron chi connectivity index (χ1n) is 6.16. The Morgan fingerprint density at radius 2 is 2.33 bits per heavy atom. The molecule has 0 aliphatic carbocycles. The van der Waals surface area contributed by atoms with E-state index in [2.05, 4.69) is 16.6 Å². The van der Waals surface area contributed by atoms with Crippen molar-refractivity contribution in [2.75, 3.05) is 19.7 Å². The number of nitrogens with zero attached hydrogens (tertiary/aromatic N) is 1. The molecule has 0 spiro atoms. The van der Waals surface area contributed by atoms with Crippen molar-refractivity contribution in [1.29, 1.82) is 0 Å². The summed E-state index contributed by atoms with van der Waals surface area (Å²) in [5.74, 6) is 0. The number of morpholine rings is 1. The molecular weight excluding hydrogens is 248 g/mol. The van der Waals surface area contributed by atoms with Crippen LogP contribution in [0.15, 0.2) is 24.3 Å². The quantitative estimate of drug-likeness (QED) is 0.921. The molecule has 5 heteroatoms. The largest absolute Gasteiger partial charge is 0.480 e. The molecule has 1 aromatic carbocycles. The van der Waals surface area contributed by atoms with E-state index in [0.717, 1.165) is 29.1 Å². The maximum atomic E-state index is 5.84. The lowest BCUT2D eigenvalue weighted by atomic mass is 10.2. The van der Waals surface area contributed by atoms with E-state index in [9.17, 15) is 0 Å². The molecule has 2 heterocycles. The van der Waals surface area contributed by atoms with Crippen molar-refractivity contribution in [3.05, 3.63) is 24.3 Å². The highest BCUT2D eigenvalue weighted by molar-refractivity contribution is 7.09. The molecule has 1 aromatic heterocycles. The molecule has 2 atom stereocenters. The summed E-state index contributed by atoms with van der Waals surface area (Å²) in [4.78, 5) is 0. The number of aromatic nitrogens is 1. The normalized spacial score (nSPS) is 24.3. The van der Waals surface area contributed by atoms with Crippen molar-refractivity contribution in [1.82, 2.24) is 9.69 Å².